The third-order valence-corrected chi connectivity index (χ3v) is 3.07. The maximum Gasteiger partial charge on any atom is 0.133 e. The van der Waals surface area contributed by atoms with Crippen molar-refractivity contribution in [3.05, 3.63) is 11.6 Å². The van der Waals surface area contributed by atoms with Crippen LogP contribution in [0, 0.1) is 11.8 Å². The molecule has 2 aliphatic carbocycles. The highest BCUT2D eigenvalue weighted by atomic mass is 16.1. The van der Waals surface area contributed by atoms with Crippen molar-refractivity contribution in [2.75, 3.05) is 0 Å². The Hall–Kier alpha value is -0.590. The summed E-state index contributed by atoms with van der Waals surface area (Å²) in [6.07, 6.45) is 7.11. The number of Topliss-reactive ketones (excluding diaryl/α,β-unsaturated/α-hetero) is 1. The molecule has 1 heteroatoms. The van der Waals surface area contributed by atoms with Crippen LogP contribution in [0.1, 0.15) is 32.6 Å². The fourth-order valence-electron chi connectivity index (χ4n) is 2.36. The highest BCUT2D eigenvalue weighted by Crippen LogP contribution is 2.42. The number of ketones is 1. The zero-order valence-corrected chi connectivity index (χ0v) is 6.97. The zero-order chi connectivity index (χ0) is 7.84. The van der Waals surface area contributed by atoms with Crippen LogP contribution >= 0.6 is 0 Å². The molecule has 1 saturated carbocycles. The Bertz CT molecular complexity index is 215. The molecule has 0 amide bonds. The Labute approximate surface area is 67.5 Å². The summed E-state index contributed by atoms with van der Waals surface area (Å²) < 4.78 is 0. The summed E-state index contributed by atoms with van der Waals surface area (Å²) >= 11 is 0. The molecular weight excluding hydrogens is 136 g/mol. The quantitative estimate of drug-likeness (QED) is 0.524. The van der Waals surface area contributed by atoms with Crippen LogP contribution in [0.5, 0.6) is 0 Å². The molecule has 1 fully saturated rings. The second kappa shape index (κ2) is 2.47. The molecule has 60 valence electrons. The number of hydrogen-bond donors (Lipinski definition) is 0. The number of carbonyl (C=O) groups is 1. The Balaban J connectivity index is 2.09. The summed E-state index contributed by atoms with van der Waals surface area (Å²) in [5, 5.41) is 0. The van der Waals surface area contributed by atoms with Gasteiger partial charge in [0.15, 0.2) is 0 Å². The third kappa shape index (κ3) is 1.13. The van der Waals surface area contributed by atoms with E-state index in [-0.39, 0.29) is 0 Å². The van der Waals surface area contributed by atoms with Gasteiger partial charge in [0.25, 0.3) is 0 Å². The van der Waals surface area contributed by atoms with Crippen LogP contribution in [0.25, 0.3) is 0 Å². The van der Waals surface area contributed by atoms with Gasteiger partial charge >= 0.3 is 0 Å². The summed E-state index contributed by atoms with van der Waals surface area (Å²) in [7, 11) is 0. The number of fused-ring (bicyclic) bond motifs is 1. The van der Waals surface area contributed by atoms with Crippen molar-refractivity contribution in [2.24, 2.45) is 11.8 Å². The first kappa shape index (κ1) is 7.08. The van der Waals surface area contributed by atoms with E-state index < -0.39 is 0 Å². The third-order valence-electron chi connectivity index (χ3n) is 3.07. The van der Waals surface area contributed by atoms with Gasteiger partial charge in [-0.25, -0.2) is 0 Å². The molecule has 0 aromatic heterocycles. The fourth-order valence-corrected chi connectivity index (χ4v) is 2.36. The first-order chi connectivity index (χ1) is 5.27. The molecule has 0 radical (unpaired) electrons. The van der Waals surface area contributed by atoms with Crippen molar-refractivity contribution in [3.63, 3.8) is 0 Å². The van der Waals surface area contributed by atoms with Gasteiger partial charge in [0.1, 0.15) is 5.78 Å². The van der Waals surface area contributed by atoms with E-state index in [0.717, 1.165) is 18.8 Å². The lowest BCUT2D eigenvalue weighted by Crippen LogP contribution is -2.06. The lowest BCUT2D eigenvalue weighted by Gasteiger charge is -2.03. The average molecular weight is 150 g/mol. The van der Waals surface area contributed by atoms with Gasteiger partial charge in [-0.1, -0.05) is 11.6 Å². The summed E-state index contributed by atoms with van der Waals surface area (Å²) in [5.41, 5.74) is 1.57. The molecule has 0 aliphatic heterocycles. The Morgan fingerprint density at radius 3 is 3.09 bits per heavy atom. The molecule has 0 N–H and O–H groups in total. The number of carbonyl (C=O) groups excluding carboxylic acids is 1. The molecule has 2 unspecified atom stereocenters. The minimum Gasteiger partial charge on any atom is -0.300 e. The standard InChI is InChI=1S/C10H14O/c1-7(11)10-5-8-3-2-4-9(8)6-10/h3,9-10H,2,4-6H2,1H3. The highest BCUT2D eigenvalue weighted by molar-refractivity contribution is 5.79. The Morgan fingerprint density at radius 2 is 2.45 bits per heavy atom. The van der Waals surface area contributed by atoms with Crippen LogP contribution in [-0.4, -0.2) is 5.78 Å². The van der Waals surface area contributed by atoms with Gasteiger partial charge in [0, 0.05) is 5.92 Å². The van der Waals surface area contributed by atoms with Gasteiger partial charge in [-0.2, -0.15) is 0 Å². The SMILES string of the molecule is CC(=O)C1CC2=CCCC2C1. The summed E-state index contributed by atoms with van der Waals surface area (Å²) in [6, 6.07) is 0. The van der Waals surface area contributed by atoms with Gasteiger partial charge < -0.3 is 0 Å². The van der Waals surface area contributed by atoms with Gasteiger partial charge in [-0.05, 0) is 38.5 Å². The molecule has 2 atom stereocenters. The smallest absolute Gasteiger partial charge is 0.133 e. The minimum atomic E-state index is 0.367. The molecule has 0 saturated heterocycles. The van der Waals surface area contributed by atoms with E-state index in [0.29, 0.717) is 11.7 Å². The van der Waals surface area contributed by atoms with E-state index in [1.54, 1.807) is 12.5 Å². The first-order valence-corrected chi connectivity index (χ1v) is 4.46. The molecular formula is C10H14O. The molecule has 0 spiro atoms. The van der Waals surface area contributed by atoms with Crippen molar-refractivity contribution in [3.8, 4) is 0 Å². The second-order valence-corrected chi connectivity index (χ2v) is 3.80. The van der Waals surface area contributed by atoms with E-state index in [1.807, 2.05) is 0 Å². The lowest BCUT2D eigenvalue weighted by molar-refractivity contribution is -0.120. The predicted molar refractivity (Wildman–Crippen MR) is 44.2 cm³/mol. The van der Waals surface area contributed by atoms with Gasteiger partial charge in [-0.3, -0.25) is 4.79 Å². The van der Waals surface area contributed by atoms with Gasteiger partial charge in [0.05, 0.1) is 0 Å². The average Bonchev–Trinajstić information content (AvgIpc) is 2.40. The number of rotatable bonds is 1. The van der Waals surface area contributed by atoms with E-state index >= 15 is 0 Å². The zero-order valence-electron chi connectivity index (χ0n) is 6.97. The fraction of sp³-hybridized carbons (Fsp3) is 0.700. The topological polar surface area (TPSA) is 17.1 Å². The van der Waals surface area contributed by atoms with E-state index in [9.17, 15) is 4.79 Å². The highest BCUT2D eigenvalue weighted by Gasteiger charge is 2.33. The summed E-state index contributed by atoms with van der Waals surface area (Å²) in [6.45, 7) is 1.73. The summed E-state index contributed by atoms with van der Waals surface area (Å²) in [5.74, 6) is 1.54. The molecule has 0 heterocycles. The summed E-state index contributed by atoms with van der Waals surface area (Å²) in [4.78, 5) is 11.0. The van der Waals surface area contributed by atoms with Gasteiger partial charge in [0.2, 0.25) is 0 Å². The van der Waals surface area contributed by atoms with Crippen LogP contribution in [0.2, 0.25) is 0 Å². The van der Waals surface area contributed by atoms with Crippen molar-refractivity contribution in [2.45, 2.75) is 32.6 Å². The van der Waals surface area contributed by atoms with Crippen LogP contribution in [0.15, 0.2) is 11.6 Å². The molecule has 0 aromatic carbocycles. The lowest BCUT2D eigenvalue weighted by atomic mass is 10.00. The van der Waals surface area contributed by atoms with Crippen molar-refractivity contribution in [1.29, 1.82) is 0 Å². The maximum atomic E-state index is 11.0. The second-order valence-electron chi connectivity index (χ2n) is 3.80. The van der Waals surface area contributed by atoms with Crippen molar-refractivity contribution in [1.82, 2.24) is 0 Å². The number of hydrogen-bond acceptors (Lipinski definition) is 1. The Kier molecular flexibility index (Phi) is 1.59. The molecule has 1 nitrogen and oxygen atoms in total. The molecule has 2 aliphatic rings. The molecule has 0 bridgehead atoms. The van der Waals surface area contributed by atoms with E-state index in [1.165, 1.54) is 12.8 Å². The normalized spacial score (nSPS) is 35.2. The van der Waals surface area contributed by atoms with E-state index in [2.05, 4.69) is 6.08 Å². The monoisotopic (exact) mass is 150 g/mol. The van der Waals surface area contributed by atoms with Crippen LogP contribution in [0.4, 0.5) is 0 Å². The van der Waals surface area contributed by atoms with Crippen LogP contribution < -0.4 is 0 Å². The number of allylic oxidation sites excluding steroid dienone is 2. The predicted octanol–water partition coefficient (Wildman–Crippen LogP) is 2.32. The van der Waals surface area contributed by atoms with Crippen molar-refractivity contribution < 1.29 is 4.79 Å². The van der Waals surface area contributed by atoms with Crippen LogP contribution in [-0.2, 0) is 4.79 Å². The maximum absolute atomic E-state index is 11.0. The molecule has 0 aromatic rings. The molecule has 2 rings (SSSR count). The largest absolute Gasteiger partial charge is 0.300 e. The Morgan fingerprint density at radius 1 is 1.64 bits per heavy atom. The first-order valence-electron chi connectivity index (χ1n) is 4.46. The molecule has 11 heavy (non-hydrogen) atoms. The van der Waals surface area contributed by atoms with E-state index in [4.69, 9.17) is 0 Å². The van der Waals surface area contributed by atoms with Crippen molar-refractivity contribution >= 4 is 5.78 Å². The van der Waals surface area contributed by atoms with Crippen LogP contribution in [0.3, 0.4) is 0 Å². The minimum absolute atomic E-state index is 0.367. The van der Waals surface area contributed by atoms with Gasteiger partial charge in [-0.15, -0.1) is 0 Å².